The third-order valence-electron chi connectivity index (χ3n) is 3.59. The molecule has 1 aromatic heterocycles. The molecule has 20 heavy (non-hydrogen) atoms. The first-order chi connectivity index (χ1) is 9.70. The van der Waals surface area contributed by atoms with Crippen LogP contribution in [0, 0.1) is 0 Å². The summed E-state index contributed by atoms with van der Waals surface area (Å²) in [6.07, 6.45) is 4.09. The van der Waals surface area contributed by atoms with E-state index in [2.05, 4.69) is 56.5 Å². The molecule has 1 saturated heterocycles. The number of benzene rings is 1. The summed E-state index contributed by atoms with van der Waals surface area (Å²) in [6, 6.07) is 8.77. The zero-order valence-electron chi connectivity index (χ0n) is 11.6. The molecule has 0 spiro atoms. The summed E-state index contributed by atoms with van der Waals surface area (Å²) in [5, 5.41) is 7.93. The average Bonchev–Trinajstić information content (AvgIpc) is 2.88. The van der Waals surface area contributed by atoms with Crippen molar-refractivity contribution in [2.24, 2.45) is 0 Å². The van der Waals surface area contributed by atoms with Gasteiger partial charge in [-0.2, -0.15) is 5.10 Å². The largest absolute Gasteiger partial charge is 0.312 e. The van der Waals surface area contributed by atoms with E-state index in [-0.39, 0.29) is 0 Å². The number of rotatable bonds is 3. The van der Waals surface area contributed by atoms with Crippen molar-refractivity contribution in [1.29, 1.82) is 0 Å². The summed E-state index contributed by atoms with van der Waals surface area (Å²) in [7, 11) is 0. The van der Waals surface area contributed by atoms with Crippen molar-refractivity contribution < 1.29 is 0 Å². The van der Waals surface area contributed by atoms with Gasteiger partial charge in [-0.1, -0.05) is 15.9 Å². The zero-order valence-corrected chi connectivity index (χ0v) is 13.2. The molecule has 106 valence electrons. The molecule has 3 rings (SSSR count). The smallest absolute Gasteiger partial charge is 0.0646 e. The second kappa shape index (κ2) is 6.08. The first kappa shape index (κ1) is 13.8. The van der Waals surface area contributed by atoms with Crippen molar-refractivity contribution in [3.8, 4) is 5.69 Å². The van der Waals surface area contributed by atoms with Crippen molar-refractivity contribution in [3.63, 3.8) is 0 Å². The number of nitrogens with zero attached hydrogens (tertiary/aromatic N) is 3. The highest BCUT2D eigenvalue weighted by Gasteiger charge is 2.16. The Labute approximate surface area is 127 Å². The number of aromatic nitrogens is 2. The van der Waals surface area contributed by atoms with Crippen LogP contribution >= 0.6 is 15.9 Å². The van der Waals surface area contributed by atoms with E-state index >= 15 is 0 Å². The van der Waals surface area contributed by atoms with Gasteiger partial charge in [0.2, 0.25) is 0 Å². The molecule has 0 unspecified atom stereocenters. The summed E-state index contributed by atoms with van der Waals surface area (Å²) in [6.45, 7) is 6.49. The molecule has 1 N–H and O–H groups in total. The lowest BCUT2D eigenvalue weighted by molar-refractivity contribution is 0.199. The van der Waals surface area contributed by atoms with Gasteiger partial charge in [0.25, 0.3) is 0 Å². The molecule has 1 fully saturated rings. The molecule has 1 aromatic carbocycles. The molecule has 0 amide bonds. The van der Waals surface area contributed by atoms with Gasteiger partial charge >= 0.3 is 0 Å². The second-order valence-corrected chi connectivity index (χ2v) is 6.28. The number of nitrogens with one attached hydrogen (secondary N) is 1. The van der Waals surface area contributed by atoms with E-state index in [1.165, 1.54) is 5.56 Å². The van der Waals surface area contributed by atoms with Crippen LogP contribution in [0.3, 0.4) is 0 Å². The number of piperazine rings is 1. The number of halogens is 1. The lowest BCUT2D eigenvalue weighted by atomic mass is 10.2. The standard InChI is InChI=1S/C15H19BrN4/c1-12-9-19(7-6-17-12)10-13-8-18-20(11-13)15-4-2-14(16)3-5-15/h2-5,8,11-12,17H,6-7,9-10H2,1H3/t12-/m1/s1. The Kier molecular flexibility index (Phi) is 4.19. The molecule has 0 saturated carbocycles. The number of hydrogen-bond acceptors (Lipinski definition) is 3. The monoisotopic (exact) mass is 334 g/mol. The minimum Gasteiger partial charge on any atom is -0.312 e. The first-order valence-corrected chi connectivity index (χ1v) is 7.75. The Morgan fingerprint density at radius 1 is 1.35 bits per heavy atom. The molecule has 0 radical (unpaired) electrons. The van der Waals surface area contributed by atoms with Crippen LogP contribution in [0.5, 0.6) is 0 Å². The molecule has 2 heterocycles. The lowest BCUT2D eigenvalue weighted by Crippen LogP contribution is -2.48. The summed E-state index contributed by atoms with van der Waals surface area (Å²) in [5.74, 6) is 0. The normalized spacial score (nSPS) is 20.2. The Morgan fingerprint density at radius 3 is 2.90 bits per heavy atom. The van der Waals surface area contributed by atoms with E-state index in [1.54, 1.807) is 0 Å². The molecule has 1 aliphatic heterocycles. The van der Waals surface area contributed by atoms with E-state index in [1.807, 2.05) is 23.0 Å². The van der Waals surface area contributed by atoms with Crippen LogP contribution in [0.1, 0.15) is 12.5 Å². The highest BCUT2D eigenvalue weighted by atomic mass is 79.9. The van der Waals surface area contributed by atoms with Gasteiger partial charge in [-0.25, -0.2) is 4.68 Å². The van der Waals surface area contributed by atoms with Crippen LogP contribution < -0.4 is 5.32 Å². The topological polar surface area (TPSA) is 33.1 Å². The second-order valence-electron chi connectivity index (χ2n) is 5.36. The quantitative estimate of drug-likeness (QED) is 0.935. The SMILES string of the molecule is C[C@@H]1CN(Cc2cnn(-c3ccc(Br)cc3)c2)CCN1. The third-order valence-corrected chi connectivity index (χ3v) is 4.11. The van der Waals surface area contributed by atoms with Gasteiger partial charge < -0.3 is 5.32 Å². The van der Waals surface area contributed by atoms with E-state index < -0.39 is 0 Å². The Bertz CT molecular complexity index is 564. The van der Waals surface area contributed by atoms with Gasteiger partial charge in [-0.05, 0) is 31.2 Å². The minimum atomic E-state index is 0.574. The van der Waals surface area contributed by atoms with Crippen molar-refractivity contribution in [3.05, 3.63) is 46.7 Å². The fourth-order valence-electron chi connectivity index (χ4n) is 2.59. The van der Waals surface area contributed by atoms with Crippen LogP contribution in [-0.2, 0) is 6.54 Å². The van der Waals surface area contributed by atoms with Crippen LogP contribution in [0.15, 0.2) is 41.1 Å². The van der Waals surface area contributed by atoms with Crippen molar-refractivity contribution in [2.45, 2.75) is 19.5 Å². The molecule has 5 heteroatoms. The molecule has 1 atom stereocenters. The molecular formula is C15H19BrN4. The van der Waals surface area contributed by atoms with Gasteiger partial charge in [-0.15, -0.1) is 0 Å². The molecular weight excluding hydrogens is 316 g/mol. The maximum absolute atomic E-state index is 4.46. The van der Waals surface area contributed by atoms with Crippen molar-refractivity contribution >= 4 is 15.9 Å². The van der Waals surface area contributed by atoms with Gasteiger partial charge in [0.15, 0.2) is 0 Å². The van der Waals surface area contributed by atoms with E-state index in [9.17, 15) is 0 Å². The highest BCUT2D eigenvalue weighted by molar-refractivity contribution is 9.10. The summed E-state index contributed by atoms with van der Waals surface area (Å²) in [5.41, 5.74) is 2.36. The van der Waals surface area contributed by atoms with Crippen LogP contribution in [0.25, 0.3) is 5.69 Å². The molecule has 0 aliphatic carbocycles. The molecule has 4 nitrogen and oxygen atoms in total. The fourth-order valence-corrected chi connectivity index (χ4v) is 2.86. The van der Waals surface area contributed by atoms with E-state index in [4.69, 9.17) is 0 Å². The van der Waals surface area contributed by atoms with Crippen LogP contribution in [0.2, 0.25) is 0 Å². The number of hydrogen-bond donors (Lipinski definition) is 1. The summed E-state index contributed by atoms with van der Waals surface area (Å²) < 4.78 is 3.02. The van der Waals surface area contributed by atoms with Crippen LogP contribution in [-0.4, -0.2) is 40.4 Å². The molecule has 0 bridgehead atoms. The third kappa shape index (κ3) is 3.29. The lowest BCUT2D eigenvalue weighted by Gasteiger charge is -2.31. The van der Waals surface area contributed by atoms with Gasteiger partial charge in [0.05, 0.1) is 11.9 Å². The van der Waals surface area contributed by atoms with Gasteiger partial charge in [-0.3, -0.25) is 4.90 Å². The van der Waals surface area contributed by atoms with Gasteiger partial charge in [0.1, 0.15) is 0 Å². The van der Waals surface area contributed by atoms with Gasteiger partial charge in [0, 0.05) is 48.5 Å². The summed E-state index contributed by atoms with van der Waals surface area (Å²) >= 11 is 3.45. The first-order valence-electron chi connectivity index (χ1n) is 6.96. The zero-order chi connectivity index (χ0) is 13.9. The predicted octanol–water partition coefficient (Wildman–Crippen LogP) is 2.43. The molecule has 1 aliphatic rings. The van der Waals surface area contributed by atoms with Crippen molar-refractivity contribution in [1.82, 2.24) is 20.0 Å². The summed E-state index contributed by atoms with van der Waals surface area (Å²) in [4.78, 5) is 2.48. The average molecular weight is 335 g/mol. The fraction of sp³-hybridized carbons (Fsp3) is 0.400. The van der Waals surface area contributed by atoms with Crippen LogP contribution in [0.4, 0.5) is 0 Å². The van der Waals surface area contributed by atoms with E-state index in [0.717, 1.165) is 36.3 Å². The minimum absolute atomic E-state index is 0.574. The highest BCUT2D eigenvalue weighted by Crippen LogP contribution is 2.15. The Hall–Kier alpha value is -1.17. The maximum atomic E-state index is 4.46. The van der Waals surface area contributed by atoms with E-state index in [0.29, 0.717) is 6.04 Å². The predicted molar refractivity (Wildman–Crippen MR) is 84.0 cm³/mol. The Morgan fingerprint density at radius 2 is 2.15 bits per heavy atom. The maximum Gasteiger partial charge on any atom is 0.0646 e. The molecule has 2 aromatic rings. The van der Waals surface area contributed by atoms with Crippen molar-refractivity contribution in [2.75, 3.05) is 19.6 Å². The Balaban J connectivity index is 1.69.